The maximum atomic E-state index is 10.8. The standard InChI is InChI=1S/C6H11N2O4/c1-4-8(6(10)12-3)7-5(9)11-2/h4H2,1-3H3/q+1. The SMILES string of the molecule is CC[N+](=NC(=O)OC)C(=O)OC. The van der Waals surface area contributed by atoms with E-state index >= 15 is 0 Å². The third-order valence-corrected chi connectivity index (χ3v) is 1.06. The van der Waals surface area contributed by atoms with E-state index < -0.39 is 12.2 Å². The monoisotopic (exact) mass is 175 g/mol. The molecule has 0 aromatic rings. The molecule has 2 amide bonds. The summed E-state index contributed by atoms with van der Waals surface area (Å²) in [6.45, 7) is 1.91. The fourth-order valence-electron chi connectivity index (χ4n) is 0.485. The molecule has 6 nitrogen and oxygen atoms in total. The van der Waals surface area contributed by atoms with Gasteiger partial charge in [-0.05, 0) is 11.6 Å². The van der Waals surface area contributed by atoms with Crippen LogP contribution in [0.2, 0.25) is 0 Å². The van der Waals surface area contributed by atoms with E-state index in [4.69, 9.17) is 0 Å². The molecular formula is C6H11N2O4+. The summed E-state index contributed by atoms with van der Waals surface area (Å²) in [4.78, 5) is 21.4. The van der Waals surface area contributed by atoms with Crippen molar-refractivity contribution in [2.45, 2.75) is 6.92 Å². The maximum Gasteiger partial charge on any atom is 0.622 e. The molecule has 0 fully saturated rings. The molecule has 0 aliphatic rings. The Hall–Kier alpha value is -1.46. The highest BCUT2D eigenvalue weighted by atomic mass is 16.6. The summed E-state index contributed by atoms with van der Waals surface area (Å²) in [6, 6.07) is 0. The normalized spacial score (nSPS) is 10.8. The first kappa shape index (κ1) is 10.5. The number of methoxy groups -OCH3 is 2. The van der Waals surface area contributed by atoms with Crippen molar-refractivity contribution in [1.82, 2.24) is 0 Å². The lowest BCUT2D eigenvalue weighted by Crippen LogP contribution is -2.20. The number of amides is 2. The lowest BCUT2D eigenvalue weighted by atomic mass is 10.7. The topological polar surface area (TPSA) is 68.0 Å². The van der Waals surface area contributed by atoms with Gasteiger partial charge in [0.1, 0.15) is 0 Å². The summed E-state index contributed by atoms with van der Waals surface area (Å²) in [5.74, 6) is 0. The van der Waals surface area contributed by atoms with Crippen LogP contribution < -0.4 is 0 Å². The van der Waals surface area contributed by atoms with Crippen LogP contribution in [-0.4, -0.2) is 37.6 Å². The van der Waals surface area contributed by atoms with Crippen LogP contribution in [0.3, 0.4) is 0 Å². The molecule has 0 heterocycles. The minimum Gasteiger partial charge on any atom is -0.448 e. The Kier molecular flexibility index (Phi) is 4.59. The minimum atomic E-state index is -0.831. The van der Waals surface area contributed by atoms with Crippen molar-refractivity contribution in [3.05, 3.63) is 0 Å². The van der Waals surface area contributed by atoms with Gasteiger partial charge in [0.2, 0.25) is 0 Å². The molecule has 0 atom stereocenters. The first-order valence-corrected chi connectivity index (χ1v) is 3.30. The summed E-state index contributed by atoms with van der Waals surface area (Å²) in [7, 11) is 2.38. The highest BCUT2D eigenvalue weighted by Crippen LogP contribution is 1.88. The summed E-state index contributed by atoms with van der Waals surface area (Å²) >= 11 is 0. The quantitative estimate of drug-likeness (QED) is 0.440. The average molecular weight is 175 g/mol. The molecule has 0 rings (SSSR count). The van der Waals surface area contributed by atoms with E-state index in [1.54, 1.807) is 6.92 Å². The fraction of sp³-hybridized carbons (Fsp3) is 0.667. The third kappa shape index (κ3) is 3.09. The number of ether oxygens (including phenoxy) is 2. The molecule has 0 N–H and O–H groups in total. The third-order valence-electron chi connectivity index (χ3n) is 1.06. The van der Waals surface area contributed by atoms with Gasteiger partial charge in [-0.2, -0.15) is 4.79 Å². The van der Waals surface area contributed by atoms with Crippen molar-refractivity contribution < 1.29 is 23.8 Å². The maximum absolute atomic E-state index is 10.8. The van der Waals surface area contributed by atoms with Crippen LogP contribution in [0, 0.1) is 0 Å². The molecule has 0 aromatic heterocycles. The van der Waals surface area contributed by atoms with Gasteiger partial charge in [0.15, 0.2) is 6.54 Å². The number of rotatable bonds is 1. The van der Waals surface area contributed by atoms with Gasteiger partial charge in [-0.15, -0.1) is 0 Å². The van der Waals surface area contributed by atoms with Gasteiger partial charge < -0.3 is 9.47 Å². The lowest BCUT2D eigenvalue weighted by molar-refractivity contribution is -0.506. The van der Waals surface area contributed by atoms with Gasteiger partial charge in [-0.3, -0.25) is 0 Å². The second-order valence-corrected chi connectivity index (χ2v) is 1.76. The lowest BCUT2D eigenvalue weighted by Gasteiger charge is -1.91. The molecule has 0 aliphatic carbocycles. The van der Waals surface area contributed by atoms with E-state index in [0.29, 0.717) is 0 Å². The Morgan fingerprint density at radius 2 is 1.92 bits per heavy atom. The molecule has 0 saturated carbocycles. The van der Waals surface area contributed by atoms with Crippen molar-refractivity contribution >= 4 is 12.2 Å². The van der Waals surface area contributed by atoms with Crippen LogP contribution in [0.1, 0.15) is 6.92 Å². The van der Waals surface area contributed by atoms with Crippen molar-refractivity contribution in [2.24, 2.45) is 5.11 Å². The predicted octanol–water partition coefficient (Wildman–Crippen LogP) is 1.00. The average Bonchev–Trinajstić information content (AvgIpc) is 2.12. The molecular weight excluding hydrogens is 164 g/mol. The molecule has 0 unspecified atom stereocenters. The minimum absolute atomic E-state index is 0.252. The highest BCUT2D eigenvalue weighted by molar-refractivity contribution is 5.67. The van der Waals surface area contributed by atoms with Gasteiger partial charge >= 0.3 is 12.2 Å². The molecule has 0 aromatic carbocycles. The fourth-order valence-corrected chi connectivity index (χ4v) is 0.485. The highest BCUT2D eigenvalue weighted by Gasteiger charge is 2.20. The Morgan fingerprint density at radius 1 is 1.33 bits per heavy atom. The zero-order valence-electron chi connectivity index (χ0n) is 7.23. The van der Waals surface area contributed by atoms with Crippen molar-refractivity contribution in [2.75, 3.05) is 20.8 Å². The Balaban J connectivity index is 4.43. The van der Waals surface area contributed by atoms with Crippen molar-refractivity contribution in [1.29, 1.82) is 0 Å². The van der Waals surface area contributed by atoms with Gasteiger partial charge in [0.25, 0.3) is 0 Å². The number of nitrogens with zero attached hydrogens (tertiary/aromatic N) is 2. The van der Waals surface area contributed by atoms with E-state index in [2.05, 4.69) is 14.6 Å². The van der Waals surface area contributed by atoms with E-state index in [-0.39, 0.29) is 6.54 Å². The van der Waals surface area contributed by atoms with Gasteiger partial charge in [0.05, 0.1) is 19.3 Å². The molecule has 0 saturated heterocycles. The second kappa shape index (κ2) is 5.22. The number of carbonyl (C=O) groups is 2. The number of azo groups is 2. The first-order valence-electron chi connectivity index (χ1n) is 3.30. The smallest absolute Gasteiger partial charge is 0.448 e. The van der Waals surface area contributed by atoms with Gasteiger partial charge in [0, 0.05) is 0 Å². The van der Waals surface area contributed by atoms with E-state index in [0.717, 1.165) is 4.70 Å². The van der Waals surface area contributed by atoms with Crippen LogP contribution in [0.15, 0.2) is 5.11 Å². The van der Waals surface area contributed by atoms with Crippen LogP contribution in [0.25, 0.3) is 0 Å². The number of hydrogen-bond donors (Lipinski definition) is 0. The summed E-state index contributed by atoms with van der Waals surface area (Å²) in [5.41, 5.74) is 0. The molecule has 0 radical (unpaired) electrons. The van der Waals surface area contributed by atoms with Crippen molar-refractivity contribution in [3.8, 4) is 0 Å². The number of hydrogen-bond acceptors (Lipinski definition) is 4. The molecule has 6 heteroatoms. The molecule has 12 heavy (non-hydrogen) atoms. The molecule has 68 valence electrons. The molecule has 0 spiro atoms. The predicted molar refractivity (Wildman–Crippen MR) is 38.0 cm³/mol. The first-order chi connectivity index (χ1) is 5.65. The summed E-state index contributed by atoms with van der Waals surface area (Å²) < 4.78 is 9.42. The number of carbonyl (C=O) groups excluding carboxylic acids is 2. The van der Waals surface area contributed by atoms with Crippen LogP contribution >= 0.6 is 0 Å². The van der Waals surface area contributed by atoms with E-state index in [1.807, 2.05) is 0 Å². The molecule has 0 aliphatic heterocycles. The zero-order chi connectivity index (χ0) is 9.56. The van der Waals surface area contributed by atoms with Gasteiger partial charge in [-0.1, -0.05) is 0 Å². The van der Waals surface area contributed by atoms with Crippen LogP contribution in [0.5, 0.6) is 0 Å². The zero-order valence-corrected chi connectivity index (χ0v) is 7.23. The Bertz CT molecular complexity index is 212. The second-order valence-electron chi connectivity index (χ2n) is 1.76. The summed E-state index contributed by atoms with van der Waals surface area (Å²) in [6.07, 6.45) is -1.52. The van der Waals surface area contributed by atoms with Crippen LogP contribution in [0.4, 0.5) is 9.59 Å². The Morgan fingerprint density at radius 3 is 2.25 bits per heavy atom. The van der Waals surface area contributed by atoms with Gasteiger partial charge in [-0.25, -0.2) is 4.79 Å². The Labute approximate surface area is 69.8 Å². The summed E-state index contributed by atoms with van der Waals surface area (Å²) in [5, 5.41) is 3.28. The van der Waals surface area contributed by atoms with E-state index in [9.17, 15) is 9.59 Å². The largest absolute Gasteiger partial charge is 0.622 e. The van der Waals surface area contributed by atoms with E-state index in [1.165, 1.54) is 14.2 Å². The molecule has 0 bridgehead atoms. The van der Waals surface area contributed by atoms with Crippen LogP contribution in [-0.2, 0) is 9.47 Å². The van der Waals surface area contributed by atoms with Crippen molar-refractivity contribution in [3.63, 3.8) is 0 Å².